The van der Waals surface area contributed by atoms with Crippen LogP contribution >= 0.6 is 0 Å². The van der Waals surface area contributed by atoms with Crippen LogP contribution < -0.4 is 11.1 Å². The minimum absolute atomic E-state index is 0.253. The normalized spacial score (nSPS) is 17.8. The smallest absolute Gasteiger partial charge is 0.243 e. The van der Waals surface area contributed by atoms with Crippen molar-refractivity contribution < 1.29 is 4.79 Å². The van der Waals surface area contributed by atoms with Gasteiger partial charge in [0, 0.05) is 5.69 Å². The van der Waals surface area contributed by atoms with Gasteiger partial charge in [-0.3, -0.25) is 4.79 Å². The molecule has 0 unspecified atom stereocenters. The van der Waals surface area contributed by atoms with Crippen LogP contribution in [0.4, 0.5) is 5.69 Å². The van der Waals surface area contributed by atoms with E-state index in [9.17, 15) is 4.79 Å². The van der Waals surface area contributed by atoms with Gasteiger partial charge in [0.25, 0.3) is 0 Å². The zero-order chi connectivity index (χ0) is 9.31. The number of carbonyl (C=O) groups is 1. The highest BCUT2D eigenvalue weighted by Crippen LogP contribution is 2.38. The third-order valence-corrected chi connectivity index (χ3v) is 2.38. The van der Waals surface area contributed by atoms with Gasteiger partial charge in [-0.2, -0.15) is 0 Å². The first-order valence-electron chi connectivity index (χ1n) is 4.36. The Hall–Kier alpha value is -1.51. The van der Waals surface area contributed by atoms with Gasteiger partial charge in [0.1, 0.15) is 5.54 Å². The zero-order valence-electron chi connectivity index (χ0n) is 7.29. The minimum Gasteiger partial charge on any atom is -0.371 e. The highest BCUT2D eigenvalue weighted by molar-refractivity contribution is 5.91. The first-order valence-corrected chi connectivity index (χ1v) is 4.36. The Morgan fingerprint density at radius 1 is 1.31 bits per heavy atom. The Morgan fingerprint density at radius 3 is 2.38 bits per heavy atom. The van der Waals surface area contributed by atoms with Crippen LogP contribution in [-0.2, 0) is 4.79 Å². The number of benzene rings is 1. The van der Waals surface area contributed by atoms with Gasteiger partial charge in [-0.05, 0) is 25.0 Å². The van der Waals surface area contributed by atoms with E-state index in [-0.39, 0.29) is 5.91 Å². The summed E-state index contributed by atoms with van der Waals surface area (Å²) in [4.78, 5) is 11.0. The molecule has 1 fully saturated rings. The molecule has 2 rings (SSSR count). The molecule has 0 aromatic heterocycles. The molecule has 13 heavy (non-hydrogen) atoms. The fourth-order valence-electron chi connectivity index (χ4n) is 1.36. The standard InChI is InChI=1S/C10H12N2O/c11-9(13)10(6-7-10)12-8-4-2-1-3-5-8/h1-5,12H,6-7H2,(H2,11,13). The summed E-state index contributed by atoms with van der Waals surface area (Å²) in [6, 6.07) is 9.67. The van der Waals surface area contributed by atoms with E-state index < -0.39 is 5.54 Å². The number of hydrogen-bond acceptors (Lipinski definition) is 2. The minimum atomic E-state index is -0.457. The second-order valence-electron chi connectivity index (χ2n) is 3.44. The lowest BCUT2D eigenvalue weighted by molar-refractivity contribution is -0.119. The molecule has 0 saturated heterocycles. The molecule has 3 N–H and O–H groups in total. The van der Waals surface area contributed by atoms with Crippen LogP contribution in [-0.4, -0.2) is 11.4 Å². The summed E-state index contributed by atoms with van der Waals surface area (Å²) in [6.45, 7) is 0. The van der Waals surface area contributed by atoms with Crippen LogP contribution in [0.5, 0.6) is 0 Å². The summed E-state index contributed by atoms with van der Waals surface area (Å²) < 4.78 is 0. The summed E-state index contributed by atoms with van der Waals surface area (Å²) in [5.41, 5.74) is 5.78. The third-order valence-electron chi connectivity index (χ3n) is 2.38. The fourth-order valence-corrected chi connectivity index (χ4v) is 1.36. The maximum atomic E-state index is 11.0. The van der Waals surface area contributed by atoms with Crippen molar-refractivity contribution in [1.82, 2.24) is 0 Å². The fraction of sp³-hybridized carbons (Fsp3) is 0.300. The number of nitrogens with two attached hydrogens (primary N) is 1. The van der Waals surface area contributed by atoms with Crippen LogP contribution in [0.25, 0.3) is 0 Å². The number of anilines is 1. The van der Waals surface area contributed by atoms with Crippen LogP contribution in [0.3, 0.4) is 0 Å². The lowest BCUT2D eigenvalue weighted by Gasteiger charge is -2.14. The van der Waals surface area contributed by atoms with Crippen molar-refractivity contribution in [2.45, 2.75) is 18.4 Å². The molecule has 68 valence electrons. The number of carbonyl (C=O) groups excluding carboxylic acids is 1. The van der Waals surface area contributed by atoms with Gasteiger partial charge in [-0.1, -0.05) is 18.2 Å². The van der Waals surface area contributed by atoms with Crippen LogP contribution in [0, 0.1) is 0 Å². The van der Waals surface area contributed by atoms with E-state index in [1.54, 1.807) is 0 Å². The van der Waals surface area contributed by atoms with E-state index in [2.05, 4.69) is 5.32 Å². The zero-order valence-corrected chi connectivity index (χ0v) is 7.29. The molecule has 1 aromatic carbocycles. The Bertz CT molecular complexity index is 317. The molecular formula is C10H12N2O. The van der Waals surface area contributed by atoms with Crippen molar-refractivity contribution in [3.8, 4) is 0 Å². The quantitative estimate of drug-likeness (QED) is 0.725. The molecule has 1 saturated carbocycles. The molecular weight excluding hydrogens is 164 g/mol. The molecule has 3 nitrogen and oxygen atoms in total. The van der Waals surface area contributed by atoms with Gasteiger partial charge in [0.05, 0.1) is 0 Å². The highest BCUT2D eigenvalue weighted by Gasteiger charge is 2.48. The first kappa shape index (κ1) is 8.10. The van der Waals surface area contributed by atoms with E-state index >= 15 is 0 Å². The van der Waals surface area contributed by atoms with Crippen LogP contribution in [0.2, 0.25) is 0 Å². The summed E-state index contributed by atoms with van der Waals surface area (Å²) in [6.07, 6.45) is 1.69. The van der Waals surface area contributed by atoms with Crippen molar-refractivity contribution in [3.05, 3.63) is 30.3 Å². The van der Waals surface area contributed by atoms with E-state index in [1.165, 1.54) is 0 Å². The molecule has 0 bridgehead atoms. The molecule has 1 aliphatic rings. The molecule has 0 atom stereocenters. The average Bonchev–Trinajstić information content (AvgIpc) is 2.87. The molecule has 1 aliphatic carbocycles. The molecule has 3 heteroatoms. The molecule has 0 heterocycles. The molecule has 1 amide bonds. The van der Waals surface area contributed by atoms with Crippen LogP contribution in [0.1, 0.15) is 12.8 Å². The number of primary amides is 1. The first-order chi connectivity index (χ1) is 6.23. The van der Waals surface area contributed by atoms with E-state index in [1.807, 2.05) is 30.3 Å². The van der Waals surface area contributed by atoms with Crippen LogP contribution in [0.15, 0.2) is 30.3 Å². The molecule has 0 aliphatic heterocycles. The monoisotopic (exact) mass is 176 g/mol. The van der Waals surface area contributed by atoms with Gasteiger partial charge in [-0.25, -0.2) is 0 Å². The number of rotatable bonds is 3. The second kappa shape index (κ2) is 2.76. The Morgan fingerprint density at radius 2 is 1.92 bits per heavy atom. The van der Waals surface area contributed by atoms with Crippen molar-refractivity contribution >= 4 is 11.6 Å². The Balaban J connectivity index is 2.11. The highest BCUT2D eigenvalue weighted by atomic mass is 16.1. The summed E-state index contributed by atoms with van der Waals surface area (Å²) in [5.74, 6) is -0.253. The summed E-state index contributed by atoms with van der Waals surface area (Å²) in [7, 11) is 0. The Kier molecular flexibility index (Phi) is 1.72. The van der Waals surface area contributed by atoms with Gasteiger partial charge < -0.3 is 11.1 Å². The number of para-hydroxylation sites is 1. The third kappa shape index (κ3) is 1.49. The predicted octanol–water partition coefficient (Wildman–Crippen LogP) is 1.12. The maximum absolute atomic E-state index is 11.0. The topological polar surface area (TPSA) is 55.1 Å². The molecule has 0 radical (unpaired) electrons. The van der Waals surface area contributed by atoms with Crippen molar-refractivity contribution in [3.63, 3.8) is 0 Å². The van der Waals surface area contributed by atoms with Crippen molar-refractivity contribution in [2.75, 3.05) is 5.32 Å². The van der Waals surface area contributed by atoms with E-state index in [0.717, 1.165) is 18.5 Å². The molecule has 1 aromatic rings. The van der Waals surface area contributed by atoms with Crippen molar-refractivity contribution in [1.29, 1.82) is 0 Å². The van der Waals surface area contributed by atoms with Crippen molar-refractivity contribution in [2.24, 2.45) is 5.73 Å². The maximum Gasteiger partial charge on any atom is 0.243 e. The number of amides is 1. The lowest BCUT2D eigenvalue weighted by Crippen LogP contribution is -2.37. The second-order valence-corrected chi connectivity index (χ2v) is 3.44. The molecule has 0 spiro atoms. The number of hydrogen-bond donors (Lipinski definition) is 2. The SMILES string of the molecule is NC(=O)C1(Nc2ccccc2)CC1. The van der Waals surface area contributed by atoms with E-state index in [4.69, 9.17) is 5.73 Å². The predicted molar refractivity (Wildman–Crippen MR) is 51.2 cm³/mol. The number of nitrogens with one attached hydrogen (secondary N) is 1. The largest absolute Gasteiger partial charge is 0.371 e. The Labute approximate surface area is 76.9 Å². The average molecular weight is 176 g/mol. The lowest BCUT2D eigenvalue weighted by atomic mass is 10.2. The van der Waals surface area contributed by atoms with E-state index in [0.29, 0.717) is 0 Å². The van der Waals surface area contributed by atoms with Gasteiger partial charge in [-0.15, -0.1) is 0 Å². The van der Waals surface area contributed by atoms with Gasteiger partial charge in [0.2, 0.25) is 5.91 Å². The van der Waals surface area contributed by atoms with Gasteiger partial charge in [0.15, 0.2) is 0 Å². The van der Waals surface area contributed by atoms with Gasteiger partial charge >= 0.3 is 0 Å². The summed E-state index contributed by atoms with van der Waals surface area (Å²) >= 11 is 0. The summed E-state index contributed by atoms with van der Waals surface area (Å²) in [5, 5.41) is 3.15.